The van der Waals surface area contributed by atoms with E-state index >= 15 is 0 Å². The number of carbonyl (C=O) groups excluding carboxylic acids is 1. The zero-order valence-electron chi connectivity index (χ0n) is 11.1. The lowest BCUT2D eigenvalue weighted by Gasteiger charge is -2.10. The van der Waals surface area contributed by atoms with Gasteiger partial charge in [-0.15, -0.1) is 11.8 Å². The van der Waals surface area contributed by atoms with Crippen LogP contribution in [-0.2, 0) is 0 Å². The second-order valence-electron chi connectivity index (χ2n) is 4.04. The van der Waals surface area contributed by atoms with Crippen molar-refractivity contribution in [3.05, 3.63) is 59.7 Å². The highest BCUT2D eigenvalue weighted by Crippen LogP contribution is 2.23. The van der Waals surface area contributed by atoms with Crippen LogP contribution in [0.4, 0.5) is 5.69 Å². The molecular formula is C16H14N2OS. The molecule has 0 spiro atoms. The van der Waals surface area contributed by atoms with E-state index in [4.69, 9.17) is 5.26 Å². The number of benzene rings is 2. The number of hydrogen-bond acceptors (Lipinski definition) is 3. The second kappa shape index (κ2) is 6.78. The van der Waals surface area contributed by atoms with Crippen LogP contribution >= 0.6 is 11.8 Å². The number of nitrogens with zero attached hydrogens (tertiary/aromatic N) is 1. The Hall–Kier alpha value is -2.25. The number of nitrogens with one attached hydrogen (secondary N) is 1. The van der Waals surface area contributed by atoms with Crippen LogP contribution in [0.1, 0.15) is 22.8 Å². The van der Waals surface area contributed by atoms with Crippen molar-refractivity contribution < 1.29 is 4.79 Å². The van der Waals surface area contributed by atoms with Crippen LogP contribution in [0.3, 0.4) is 0 Å². The van der Waals surface area contributed by atoms with Crippen molar-refractivity contribution in [3.63, 3.8) is 0 Å². The molecule has 0 fully saturated rings. The quantitative estimate of drug-likeness (QED) is 0.865. The van der Waals surface area contributed by atoms with Crippen molar-refractivity contribution in [2.75, 3.05) is 11.1 Å². The highest BCUT2D eigenvalue weighted by Gasteiger charge is 2.12. The molecule has 0 saturated heterocycles. The number of para-hydroxylation sites is 1. The Bertz CT molecular complexity index is 662. The standard InChI is InChI=1S/C16H14N2OS/c1-2-20-15-10-6-4-8-13(15)16(19)18-14-9-5-3-7-12(14)11-17/h3-10H,2H2,1H3,(H,18,19). The number of anilines is 1. The molecule has 2 rings (SSSR count). The fraction of sp³-hybridized carbons (Fsp3) is 0.125. The molecule has 20 heavy (non-hydrogen) atoms. The largest absolute Gasteiger partial charge is 0.321 e. The summed E-state index contributed by atoms with van der Waals surface area (Å²) in [6.45, 7) is 2.05. The van der Waals surface area contributed by atoms with Crippen molar-refractivity contribution in [1.82, 2.24) is 0 Å². The zero-order chi connectivity index (χ0) is 14.4. The van der Waals surface area contributed by atoms with Gasteiger partial charge in [-0.3, -0.25) is 4.79 Å². The molecular weight excluding hydrogens is 268 g/mol. The third-order valence-corrected chi connectivity index (χ3v) is 3.68. The normalized spacial score (nSPS) is 9.80. The van der Waals surface area contributed by atoms with Crippen molar-refractivity contribution >= 4 is 23.4 Å². The van der Waals surface area contributed by atoms with E-state index in [2.05, 4.69) is 11.4 Å². The van der Waals surface area contributed by atoms with Crippen molar-refractivity contribution in [1.29, 1.82) is 5.26 Å². The Labute approximate surface area is 122 Å². The Kier molecular flexibility index (Phi) is 4.80. The number of thioether (sulfide) groups is 1. The molecule has 0 atom stereocenters. The van der Waals surface area contributed by atoms with E-state index < -0.39 is 0 Å². The summed E-state index contributed by atoms with van der Waals surface area (Å²) in [5, 5.41) is 11.8. The van der Waals surface area contributed by atoms with Crippen LogP contribution in [-0.4, -0.2) is 11.7 Å². The van der Waals surface area contributed by atoms with Gasteiger partial charge in [-0.1, -0.05) is 31.2 Å². The topological polar surface area (TPSA) is 52.9 Å². The van der Waals surface area contributed by atoms with Crippen LogP contribution in [0.15, 0.2) is 53.4 Å². The van der Waals surface area contributed by atoms with E-state index in [1.54, 1.807) is 42.1 Å². The molecule has 0 saturated carbocycles. The maximum Gasteiger partial charge on any atom is 0.256 e. The Morgan fingerprint density at radius 3 is 2.65 bits per heavy atom. The molecule has 2 aromatic rings. The SMILES string of the molecule is CCSc1ccccc1C(=O)Nc1ccccc1C#N. The summed E-state index contributed by atoms with van der Waals surface area (Å²) in [7, 11) is 0. The molecule has 0 heterocycles. The van der Waals surface area contributed by atoms with Gasteiger partial charge >= 0.3 is 0 Å². The van der Waals surface area contributed by atoms with Gasteiger partial charge in [-0.2, -0.15) is 5.26 Å². The highest BCUT2D eigenvalue weighted by molar-refractivity contribution is 7.99. The minimum Gasteiger partial charge on any atom is -0.321 e. The van der Waals surface area contributed by atoms with Gasteiger partial charge in [0.2, 0.25) is 0 Å². The highest BCUT2D eigenvalue weighted by atomic mass is 32.2. The number of hydrogen-bond donors (Lipinski definition) is 1. The van der Waals surface area contributed by atoms with Gasteiger partial charge < -0.3 is 5.32 Å². The van der Waals surface area contributed by atoms with Crippen LogP contribution in [0.5, 0.6) is 0 Å². The third kappa shape index (κ3) is 3.19. The molecule has 3 nitrogen and oxygen atoms in total. The fourth-order valence-electron chi connectivity index (χ4n) is 1.81. The first-order chi connectivity index (χ1) is 9.76. The first-order valence-electron chi connectivity index (χ1n) is 6.28. The lowest BCUT2D eigenvalue weighted by molar-refractivity contribution is 0.102. The van der Waals surface area contributed by atoms with E-state index in [0.717, 1.165) is 10.6 Å². The van der Waals surface area contributed by atoms with Gasteiger partial charge in [0, 0.05) is 4.90 Å². The fourth-order valence-corrected chi connectivity index (χ4v) is 2.62. The lowest BCUT2D eigenvalue weighted by atomic mass is 10.1. The van der Waals surface area contributed by atoms with E-state index in [1.165, 1.54) is 0 Å². The van der Waals surface area contributed by atoms with Crippen LogP contribution in [0.2, 0.25) is 0 Å². The number of carbonyl (C=O) groups is 1. The summed E-state index contributed by atoms with van der Waals surface area (Å²) in [5.74, 6) is 0.711. The van der Waals surface area contributed by atoms with E-state index in [9.17, 15) is 4.79 Å². The number of rotatable bonds is 4. The number of nitriles is 1. The molecule has 1 amide bonds. The molecule has 1 N–H and O–H groups in total. The van der Waals surface area contributed by atoms with Crippen LogP contribution < -0.4 is 5.32 Å². The van der Waals surface area contributed by atoms with Gasteiger partial charge in [0.15, 0.2) is 0 Å². The maximum absolute atomic E-state index is 12.3. The van der Waals surface area contributed by atoms with Gasteiger partial charge in [-0.25, -0.2) is 0 Å². The Morgan fingerprint density at radius 1 is 1.20 bits per heavy atom. The Morgan fingerprint density at radius 2 is 1.90 bits per heavy atom. The molecule has 0 aliphatic carbocycles. The summed E-state index contributed by atoms with van der Waals surface area (Å²) < 4.78 is 0. The van der Waals surface area contributed by atoms with Gasteiger partial charge in [0.25, 0.3) is 5.91 Å². The van der Waals surface area contributed by atoms with Crippen molar-refractivity contribution in [3.8, 4) is 6.07 Å². The van der Waals surface area contributed by atoms with Crippen LogP contribution in [0.25, 0.3) is 0 Å². The first-order valence-corrected chi connectivity index (χ1v) is 7.27. The van der Waals surface area contributed by atoms with Gasteiger partial charge in [-0.05, 0) is 30.0 Å². The monoisotopic (exact) mass is 282 g/mol. The second-order valence-corrected chi connectivity index (χ2v) is 5.35. The van der Waals surface area contributed by atoms with E-state index in [0.29, 0.717) is 16.8 Å². The van der Waals surface area contributed by atoms with Crippen LogP contribution in [0, 0.1) is 11.3 Å². The number of amides is 1. The average molecular weight is 282 g/mol. The summed E-state index contributed by atoms with van der Waals surface area (Å²) in [6, 6.07) is 16.5. The predicted octanol–water partition coefficient (Wildman–Crippen LogP) is 3.92. The third-order valence-electron chi connectivity index (χ3n) is 2.73. The average Bonchev–Trinajstić information content (AvgIpc) is 2.48. The molecule has 0 bridgehead atoms. The molecule has 2 aromatic carbocycles. The molecule has 0 aromatic heterocycles. The zero-order valence-corrected chi connectivity index (χ0v) is 11.9. The summed E-state index contributed by atoms with van der Waals surface area (Å²) in [6.07, 6.45) is 0. The predicted molar refractivity (Wildman–Crippen MR) is 82.0 cm³/mol. The summed E-state index contributed by atoms with van der Waals surface area (Å²) in [5.41, 5.74) is 1.63. The van der Waals surface area contributed by atoms with Gasteiger partial charge in [0.05, 0.1) is 16.8 Å². The minimum absolute atomic E-state index is 0.191. The molecule has 100 valence electrons. The first kappa shape index (κ1) is 14.2. The maximum atomic E-state index is 12.3. The molecule has 0 aliphatic heterocycles. The van der Waals surface area contributed by atoms with E-state index in [1.807, 2.05) is 25.1 Å². The van der Waals surface area contributed by atoms with Gasteiger partial charge in [0.1, 0.15) is 6.07 Å². The van der Waals surface area contributed by atoms with Crippen molar-refractivity contribution in [2.24, 2.45) is 0 Å². The molecule has 0 unspecified atom stereocenters. The molecule has 0 aliphatic rings. The molecule has 4 heteroatoms. The van der Waals surface area contributed by atoms with Crippen molar-refractivity contribution in [2.45, 2.75) is 11.8 Å². The summed E-state index contributed by atoms with van der Waals surface area (Å²) in [4.78, 5) is 13.3. The van der Waals surface area contributed by atoms with E-state index in [-0.39, 0.29) is 5.91 Å². The Balaban J connectivity index is 2.27. The minimum atomic E-state index is -0.191. The smallest absolute Gasteiger partial charge is 0.256 e. The summed E-state index contributed by atoms with van der Waals surface area (Å²) >= 11 is 1.62. The molecule has 0 radical (unpaired) electrons. The lowest BCUT2D eigenvalue weighted by Crippen LogP contribution is -2.13.